The van der Waals surface area contributed by atoms with Crippen molar-refractivity contribution in [2.24, 2.45) is 0 Å². The molecule has 1 amide bonds. The number of ether oxygens (including phenoxy) is 2. The van der Waals surface area contributed by atoms with Crippen molar-refractivity contribution in [2.75, 3.05) is 13.3 Å². The molecule has 2 aromatic rings. The number of halogens is 1. The minimum absolute atomic E-state index is 0.117. The van der Waals surface area contributed by atoms with Crippen LogP contribution in [0.25, 0.3) is 0 Å². The summed E-state index contributed by atoms with van der Waals surface area (Å²) in [5.41, 5.74) is 0.479. The Morgan fingerprint density at radius 2 is 2.32 bits per heavy atom. The molecular weight excluding hydrogens is 322 g/mol. The monoisotopic (exact) mass is 335 g/mol. The van der Waals surface area contributed by atoms with Crippen molar-refractivity contribution in [1.29, 1.82) is 0 Å². The standard InChI is InChI=1S/C16H14ClNO3S/c1-2-5-18(9-12-4-3-6-22-12)16(19)11-7-13(17)15-14(8-11)20-10-21-15/h2-4,6-8H,1,5,9-10H2. The molecule has 0 aliphatic carbocycles. The highest BCUT2D eigenvalue weighted by atomic mass is 35.5. The third-order valence-corrected chi connectivity index (χ3v) is 4.38. The van der Waals surface area contributed by atoms with Crippen molar-refractivity contribution in [3.05, 3.63) is 57.8 Å². The van der Waals surface area contributed by atoms with Crippen LogP contribution in [0.15, 0.2) is 42.3 Å². The Balaban J connectivity index is 1.87. The fraction of sp³-hybridized carbons (Fsp3) is 0.188. The summed E-state index contributed by atoms with van der Waals surface area (Å²) in [6, 6.07) is 7.25. The Bertz CT molecular complexity index is 700. The molecule has 6 heteroatoms. The van der Waals surface area contributed by atoms with Crippen molar-refractivity contribution in [3.63, 3.8) is 0 Å². The molecule has 0 N–H and O–H groups in total. The summed E-state index contributed by atoms with van der Waals surface area (Å²) in [7, 11) is 0. The van der Waals surface area contributed by atoms with Gasteiger partial charge in [0.2, 0.25) is 6.79 Å². The van der Waals surface area contributed by atoms with E-state index in [2.05, 4.69) is 6.58 Å². The highest BCUT2D eigenvalue weighted by molar-refractivity contribution is 7.09. The van der Waals surface area contributed by atoms with Gasteiger partial charge >= 0.3 is 0 Å². The maximum absolute atomic E-state index is 12.7. The summed E-state index contributed by atoms with van der Waals surface area (Å²) >= 11 is 7.76. The van der Waals surface area contributed by atoms with Crippen molar-refractivity contribution in [2.45, 2.75) is 6.54 Å². The Kier molecular flexibility index (Phi) is 4.36. The minimum Gasteiger partial charge on any atom is -0.454 e. The second kappa shape index (κ2) is 6.42. The molecule has 0 bridgehead atoms. The number of carbonyl (C=O) groups excluding carboxylic acids is 1. The van der Waals surface area contributed by atoms with Crippen LogP contribution in [0.3, 0.4) is 0 Å². The van der Waals surface area contributed by atoms with Gasteiger partial charge in [-0.1, -0.05) is 23.7 Å². The van der Waals surface area contributed by atoms with Crippen LogP contribution in [0.5, 0.6) is 11.5 Å². The molecule has 2 heterocycles. The third-order valence-electron chi connectivity index (χ3n) is 3.24. The highest BCUT2D eigenvalue weighted by Gasteiger charge is 2.23. The summed E-state index contributed by atoms with van der Waals surface area (Å²) in [6.45, 7) is 4.84. The van der Waals surface area contributed by atoms with E-state index in [0.717, 1.165) is 4.88 Å². The quantitative estimate of drug-likeness (QED) is 0.776. The number of hydrogen-bond donors (Lipinski definition) is 0. The fourth-order valence-electron chi connectivity index (χ4n) is 2.24. The molecule has 0 spiro atoms. The first kappa shape index (κ1) is 14.9. The van der Waals surface area contributed by atoms with Crippen LogP contribution in [0.1, 0.15) is 15.2 Å². The summed E-state index contributed by atoms with van der Waals surface area (Å²) in [6.07, 6.45) is 1.71. The molecule has 0 saturated heterocycles. The van der Waals surface area contributed by atoms with Crippen molar-refractivity contribution in [1.82, 2.24) is 4.90 Å². The summed E-state index contributed by atoms with van der Waals surface area (Å²) in [5, 5.41) is 2.37. The van der Waals surface area contributed by atoms with Gasteiger partial charge in [0.25, 0.3) is 5.91 Å². The highest BCUT2D eigenvalue weighted by Crippen LogP contribution is 2.40. The van der Waals surface area contributed by atoms with Gasteiger partial charge in [-0.25, -0.2) is 0 Å². The van der Waals surface area contributed by atoms with E-state index < -0.39 is 0 Å². The lowest BCUT2D eigenvalue weighted by Gasteiger charge is -2.20. The summed E-state index contributed by atoms with van der Waals surface area (Å²) in [4.78, 5) is 15.6. The van der Waals surface area contributed by atoms with Crippen LogP contribution in [-0.4, -0.2) is 24.1 Å². The van der Waals surface area contributed by atoms with Gasteiger partial charge in [0.15, 0.2) is 11.5 Å². The molecular formula is C16H14ClNO3S. The van der Waals surface area contributed by atoms with Crippen molar-refractivity contribution < 1.29 is 14.3 Å². The minimum atomic E-state index is -0.117. The third kappa shape index (κ3) is 2.96. The molecule has 0 fully saturated rings. The molecule has 1 aliphatic rings. The van der Waals surface area contributed by atoms with E-state index in [9.17, 15) is 4.79 Å². The van der Waals surface area contributed by atoms with Gasteiger partial charge < -0.3 is 14.4 Å². The second-order valence-electron chi connectivity index (χ2n) is 4.75. The summed E-state index contributed by atoms with van der Waals surface area (Å²) in [5.74, 6) is 0.880. The molecule has 3 rings (SSSR count). The average molecular weight is 336 g/mol. The molecule has 0 unspecified atom stereocenters. The molecule has 0 radical (unpaired) electrons. The predicted molar refractivity (Wildman–Crippen MR) is 86.8 cm³/mol. The molecule has 22 heavy (non-hydrogen) atoms. The molecule has 0 saturated carbocycles. The van der Waals surface area contributed by atoms with E-state index in [4.69, 9.17) is 21.1 Å². The normalized spacial score (nSPS) is 12.2. The number of benzene rings is 1. The van der Waals surface area contributed by atoms with Gasteiger partial charge in [0.05, 0.1) is 11.6 Å². The number of amides is 1. The van der Waals surface area contributed by atoms with Crippen LogP contribution < -0.4 is 9.47 Å². The first-order valence-corrected chi connectivity index (χ1v) is 7.96. The molecule has 1 aromatic carbocycles. The smallest absolute Gasteiger partial charge is 0.254 e. The molecule has 4 nitrogen and oxygen atoms in total. The van der Waals surface area contributed by atoms with Gasteiger partial charge in [-0.05, 0) is 23.6 Å². The maximum atomic E-state index is 12.7. The van der Waals surface area contributed by atoms with Crippen LogP contribution in [0.4, 0.5) is 0 Å². The predicted octanol–water partition coefficient (Wildman–Crippen LogP) is 3.96. The van der Waals surface area contributed by atoms with E-state index >= 15 is 0 Å². The SMILES string of the molecule is C=CCN(Cc1cccs1)C(=O)c1cc(Cl)c2c(c1)OCO2. The Labute approximate surface area is 137 Å². The lowest BCUT2D eigenvalue weighted by Crippen LogP contribution is -2.30. The van der Waals surface area contributed by atoms with Crippen LogP contribution in [0, 0.1) is 0 Å². The first-order chi connectivity index (χ1) is 10.7. The average Bonchev–Trinajstić information content (AvgIpc) is 3.17. The van der Waals surface area contributed by atoms with E-state index in [1.54, 1.807) is 34.4 Å². The fourth-order valence-corrected chi connectivity index (χ4v) is 3.22. The van der Waals surface area contributed by atoms with E-state index in [1.807, 2.05) is 17.5 Å². The zero-order valence-corrected chi connectivity index (χ0v) is 13.3. The Morgan fingerprint density at radius 1 is 1.45 bits per heavy atom. The first-order valence-electron chi connectivity index (χ1n) is 6.70. The number of hydrogen-bond acceptors (Lipinski definition) is 4. The van der Waals surface area contributed by atoms with Gasteiger partial charge in [0.1, 0.15) is 0 Å². The van der Waals surface area contributed by atoms with Crippen LogP contribution >= 0.6 is 22.9 Å². The van der Waals surface area contributed by atoms with Gasteiger partial charge in [-0.15, -0.1) is 17.9 Å². The lowest BCUT2D eigenvalue weighted by atomic mass is 10.1. The zero-order valence-electron chi connectivity index (χ0n) is 11.8. The van der Waals surface area contributed by atoms with Crippen molar-refractivity contribution in [3.8, 4) is 11.5 Å². The largest absolute Gasteiger partial charge is 0.454 e. The number of thiophene rings is 1. The topological polar surface area (TPSA) is 38.8 Å². The van der Waals surface area contributed by atoms with Crippen molar-refractivity contribution >= 4 is 28.8 Å². The zero-order chi connectivity index (χ0) is 15.5. The molecule has 0 atom stereocenters. The molecule has 1 aliphatic heterocycles. The van der Waals surface area contributed by atoms with Gasteiger partial charge in [0, 0.05) is 17.0 Å². The van der Waals surface area contributed by atoms with E-state index in [1.165, 1.54) is 0 Å². The second-order valence-corrected chi connectivity index (χ2v) is 6.19. The van der Waals surface area contributed by atoms with E-state index in [0.29, 0.717) is 35.2 Å². The number of nitrogens with zero attached hydrogens (tertiary/aromatic N) is 1. The maximum Gasteiger partial charge on any atom is 0.254 e. The van der Waals surface area contributed by atoms with Crippen LogP contribution in [-0.2, 0) is 6.54 Å². The number of fused-ring (bicyclic) bond motifs is 1. The molecule has 1 aromatic heterocycles. The Hall–Kier alpha value is -1.98. The van der Waals surface area contributed by atoms with Crippen LogP contribution in [0.2, 0.25) is 5.02 Å². The van der Waals surface area contributed by atoms with Gasteiger partial charge in [-0.2, -0.15) is 0 Å². The molecule has 114 valence electrons. The lowest BCUT2D eigenvalue weighted by molar-refractivity contribution is 0.0764. The van der Waals surface area contributed by atoms with E-state index in [-0.39, 0.29) is 12.7 Å². The Morgan fingerprint density at radius 3 is 3.05 bits per heavy atom. The van der Waals surface area contributed by atoms with Gasteiger partial charge in [-0.3, -0.25) is 4.79 Å². The number of rotatable bonds is 5. The number of carbonyl (C=O) groups is 1. The summed E-state index contributed by atoms with van der Waals surface area (Å²) < 4.78 is 10.6.